The quantitative estimate of drug-likeness (QED) is 0.870. The SMILES string of the molecule is CC(C)(C)OC(=O)NC1(c2ccnc(OCC(F)(F)F)c2)CCOCC1. The molecule has 1 aromatic heterocycles. The van der Waals surface area contributed by atoms with E-state index < -0.39 is 30.0 Å². The van der Waals surface area contributed by atoms with Crippen LogP contribution in [0.2, 0.25) is 0 Å². The maximum atomic E-state index is 12.4. The average Bonchev–Trinajstić information content (AvgIpc) is 2.51. The highest BCUT2D eigenvalue weighted by atomic mass is 19.4. The first kappa shape index (κ1) is 20.3. The Labute approximate surface area is 150 Å². The van der Waals surface area contributed by atoms with E-state index in [0.717, 1.165) is 0 Å². The second-order valence-electron chi connectivity index (χ2n) is 7.11. The van der Waals surface area contributed by atoms with Crippen LogP contribution in [0, 0.1) is 0 Å². The fourth-order valence-electron chi connectivity index (χ4n) is 2.65. The highest BCUT2D eigenvalue weighted by Gasteiger charge is 2.38. The van der Waals surface area contributed by atoms with E-state index >= 15 is 0 Å². The molecule has 0 spiro atoms. The van der Waals surface area contributed by atoms with E-state index in [-0.39, 0.29) is 5.88 Å². The minimum absolute atomic E-state index is 0.156. The van der Waals surface area contributed by atoms with E-state index in [1.165, 1.54) is 12.3 Å². The van der Waals surface area contributed by atoms with Gasteiger partial charge in [0.25, 0.3) is 0 Å². The molecule has 0 atom stereocenters. The lowest BCUT2D eigenvalue weighted by molar-refractivity contribution is -0.154. The van der Waals surface area contributed by atoms with Gasteiger partial charge in [0.15, 0.2) is 6.61 Å². The zero-order chi connectivity index (χ0) is 19.4. The second kappa shape index (κ2) is 7.69. The molecule has 0 aliphatic carbocycles. The van der Waals surface area contributed by atoms with Crippen molar-refractivity contribution < 1.29 is 32.2 Å². The van der Waals surface area contributed by atoms with Gasteiger partial charge in [0.2, 0.25) is 5.88 Å². The number of pyridine rings is 1. The summed E-state index contributed by atoms with van der Waals surface area (Å²) >= 11 is 0. The number of aromatic nitrogens is 1. The number of alkyl carbamates (subject to hydrolysis) is 1. The van der Waals surface area contributed by atoms with E-state index in [0.29, 0.717) is 31.6 Å². The summed E-state index contributed by atoms with van der Waals surface area (Å²) in [7, 11) is 0. The number of hydrogen-bond acceptors (Lipinski definition) is 5. The van der Waals surface area contributed by atoms with Crippen molar-refractivity contribution in [2.45, 2.75) is 50.9 Å². The summed E-state index contributed by atoms with van der Waals surface area (Å²) in [5, 5.41) is 2.86. The monoisotopic (exact) mass is 376 g/mol. The largest absolute Gasteiger partial charge is 0.468 e. The van der Waals surface area contributed by atoms with Crippen molar-refractivity contribution in [2.24, 2.45) is 0 Å². The van der Waals surface area contributed by atoms with Gasteiger partial charge in [-0.15, -0.1) is 0 Å². The van der Waals surface area contributed by atoms with Crippen LogP contribution in [-0.2, 0) is 15.0 Å². The van der Waals surface area contributed by atoms with Crippen LogP contribution in [0.5, 0.6) is 5.88 Å². The van der Waals surface area contributed by atoms with Gasteiger partial charge >= 0.3 is 12.3 Å². The summed E-state index contributed by atoms with van der Waals surface area (Å²) in [6, 6.07) is 3.05. The normalized spacial score (nSPS) is 17.5. The lowest BCUT2D eigenvalue weighted by Gasteiger charge is -2.38. The number of alkyl halides is 3. The number of hydrogen-bond donors (Lipinski definition) is 1. The molecule has 26 heavy (non-hydrogen) atoms. The third-order valence-corrected chi connectivity index (χ3v) is 3.76. The molecule has 0 radical (unpaired) electrons. The average molecular weight is 376 g/mol. The maximum absolute atomic E-state index is 12.4. The van der Waals surface area contributed by atoms with Crippen LogP contribution in [-0.4, -0.2) is 42.7 Å². The molecule has 1 N–H and O–H groups in total. The van der Waals surface area contributed by atoms with E-state index in [9.17, 15) is 18.0 Å². The van der Waals surface area contributed by atoms with E-state index in [2.05, 4.69) is 10.3 Å². The van der Waals surface area contributed by atoms with E-state index in [1.807, 2.05) is 0 Å². The number of ether oxygens (including phenoxy) is 3. The minimum Gasteiger partial charge on any atom is -0.468 e. The molecule has 0 bridgehead atoms. The molecule has 1 amide bonds. The zero-order valence-electron chi connectivity index (χ0n) is 15.0. The lowest BCUT2D eigenvalue weighted by atomic mass is 9.83. The lowest BCUT2D eigenvalue weighted by Crippen LogP contribution is -2.50. The fraction of sp³-hybridized carbons (Fsp3) is 0.647. The van der Waals surface area contributed by atoms with Crippen molar-refractivity contribution in [2.75, 3.05) is 19.8 Å². The number of nitrogens with one attached hydrogen (secondary N) is 1. The highest BCUT2D eigenvalue weighted by Crippen LogP contribution is 2.34. The van der Waals surface area contributed by atoms with Crippen LogP contribution in [0.1, 0.15) is 39.2 Å². The van der Waals surface area contributed by atoms with Crippen LogP contribution >= 0.6 is 0 Å². The highest BCUT2D eigenvalue weighted by molar-refractivity contribution is 5.69. The Kier molecular flexibility index (Phi) is 6.00. The molecule has 2 heterocycles. The first-order valence-corrected chi connectivity index (χ1v) is 8.24. The van der Waals surface area contributed by atoms with Gasteiger partial charge < -0.3 is 19.5 Å². The third kappa shape index (κ3) is 6.05. The van der Waals surface area contributed by atoms with Gasteiger partial charge in [-0.05, 0) is 45.2 Å². The third-order valence-electron chi connectivity index (χ3n) is 3.76. The Balaban J connectivity index is 2.22. The molecule has 1 aliphatic heterocycles. The Morgan fingerprint density at radius 2 is 1.96 bits per heavy atom. The van der Waals surface area contributed by atoms with Crippen LogP contribution in [0.15, 0.2) is 18.3 Å². The number of nitrogens with zero attached hydrogens (tertiary/aromatic N) is 1. The molecule has 146 valence electrons. The fourth-order valence-corrected chi connectivity index (χ4v) is 2.65. The van der Waals surface area contributed by atoms with Crippen LogP contribution in [0.4, 0.5) is 18.0 Å². The first-order chi connectivity index (χ1) is 12.0. The molecular weight excluding hydrogens is 353 g/mol. The van der Waals surface area contributed by atoms with Gasteiger partial charge in [-0.25, -0.2) is 9.78 Å². The Hall–Kier alpha value is -2.03. The molecule has 0 unspecified atom stereocenters. The number of carbonyl (C=O) groups is 1. The molecule has 9 heteroatoms. The summed E-state index contributed by atoms with van der Waals surface area (Å²) in [5.41, 5.74) is -0.894. The van der Waals surface area contributed by atoms with Crippen molar-refractivity contribution in [3.05, 3.63) is 23.9 Å². The first-order valence-electron chi connectivity index (χ1n) is 8.24. The summed E-state index contributed by atoms with van der Waals surface area (Å²) in [6.07, 6.45) is -2.80. The summed E-state index contributed by atoms with van der Waals surface area (Å²) in [4.78, 5) is 16.1. The van der Waals surface area contributed by atoms with E-state index in [1.54, 1.807) is 26.8 Å². The molecule has 1 aromatic rings. The van der Waals surface area contributed by atoms with Crippen molar-refractivity contribution in [3.63, 3.8) is 0 Å². The number of amides is 1. The molecule has 1 fully saturated rings. The summed E-state index contributed by atoms with van der Waals surface area (Å²) in [6.45, 7) is 4.61. The number of halogens is 3. The van der Waals surface area contributed by atoms with Crippen LogP contribution in [0.3, 0.4) is 0 Å². The predicted molar refractivity (Wildman–Crippen MR) is 86.9 cm³/mol. The van der Waals surface area contributed by atoms with Gasteiger partial charge in [0.1, 0.15) is 5.60 Å². The molecular formula is C17H23F3N2O4. The molecule has 6 nitrogen and oxygen atoms in total. The van der Waals surface area contributed by atoms with Gasteiger partial charge in [0, 0.05) is 25.5 Å². The van der Waals surface area contributed by atoms with Crippen molar-refractivity contribution in [3.8, 4) is 5.88 Å². The topological polar surface area (TPSA) is 69.7 Å². The molecule has 1 saturated heterocycles. The minimum atomic E-state index is -4.46. The standard InChI is InChI=1S/C17H23F3N2O4/c1-15(2,3)26-14(23)22-16(5-8-24-9-6-16)12-4-7-21-13(10-12)25-11-17(18,19)20/h4,7,10H,5-6,8-9,11H2,1-3H3,(H,22,23). The smallest absolute Gasteiger partial charge is 0.422 e. The molecule has 1 aliphatic rings. The maximum Gasteiger partial charge on any atom is 0.422 e. The number of rotatable bonds is 4. The van der Waals surface area contributed by atoms with Crippen molar-refractivity contribution in [1.29, 1.82) is 0 Å². The molecule has 0 saturated carbocycles. The Bertz CT molecular complexity index is 623. The van der Waals surface area contributed by atoms with Crippen LogP contribution in [0.25, 0.3) is 0 Å². The van der Waals surface area contributed by atoms with Crippen LogP contribution < -0.4 is 10.1 Å². The molecule has 2 rings (SSSR count). The van der Waals surface area contributed by atoms with E-state index in [4.69, 9.17) is 14.2 Å². The van der Waals surface area contributed by atoms with Gasteiger partial charge in [0.05, 0.1) is 5.54 Å². The van der Waals surface area contributed by atoms with Gasteiger partial charge in [-0.1, -0.05) is 0 Å². The summed E-state index contributed by atoms with van der Waals surface area (Å²) < 4.78 is 52.5. The second-order valence-corrected chi connectivity index (χ2v) is 7.11. The summed E-state index contributed by atoms with van der Waals surface area (Å²) in [5.74, 6) is -0.156. The predicted octanol–water partition coefficient (Wildman–Crippen LogP) is 3.55. The van der Waals surface area contributed by atoms with Gasteiger partial charge in [-0.2, -0.15) is 13.2 Å². The van der Waals surface area contributed by atoms with Crippen molar-refractivity contribution in [1.82, 2.24) is 10.3 Å². The number of carbonyl (C=O) groups excluding carboxylic acids is 1. The Morgan fingerprint density at radius 1 is 1.31 bits per heavy atom. The van der Waals surface area contributed by atoms with Crippen molar-refractivity contribution >= 4 is 6.09 Å². The zero-order valence-corrected chi connectivity index (χ0v) is 15.0. The van der Waals surface area contributed by atoms with Gasteiger partial charge in [-0.3, -0.25) is 0 Å². The molecule has 0 aromatic carbocycles. The Morgan fingerprint density at radius 3 is 2.54 bits per heavy atom.